The lowest BCUT2D eigenvalue weighted by atomic mass is 10.2. The summed E-state index contributed by atoms with van der Waals surface area (Å²) in [5.74, 6) is 0.447. The Bertz CT molecular complexity index is 474. The van der Waals surface area contributed by atoms with E-state index in [9.17, 15) is 4.79 Å². The first-order chi connectivity index (χ1) is 7.66. The molecular formula is C11H12N2O2S. The van der Waals surface area contributed by atoms with Crippen molar-refractivity contribution in [2.24, 2.45) is 0 Å². The zero-order valence-corrected chi connectivity index (χ0v) is 9.88. The van der Waals surface area contributed by atoms with Crippen LogP contribution in [0.1, 0.15) is 35.2 Å². The Balaban J connectivity index is 2.07. The number of furan rings is 1. The van der Waals surface area contributed by atoms with Crippen LogP contribution in [-0.2, 0) is 0 Å². The minimum Gasteiger partial charge on any atom is -0.459 e. The molecule has 2 aromatic rings. The van der Waals surface area contributed by atoms with Crippen molar-refractivity contribution in [3.05, 3.63) is 35.2 Å². The summed E-state index contributed by atoms with van der Waals surface area (Å²) < 4.78 is 4.99. The van der Waals surface area contributed by atoms with E-state index in [4.69, 9.17) is 4.42 Å². The van der Waals surface area contributed by atoms with Gasteiger partial charge in [-0.25, -0.2) is 4.98 Å². The van der Waals surface area contributed by atoms with Crippen molar-refractivity contribution in [2.45, 2.75) is 19.8 Å². The maximum absolute atomic E-state index is 11.6. The molecule has 0 radical (unpaired) electrons. The van der Waals surface area contributed by atoms with Crippen LogP contribution in [0.15, 0.2) is 29.0 Å². The molecule has 0 atom stereocenters. The first kappa shape index (κ1) is 10.9. The molecule has 1 N–H and O–H groups in total. The minimum atomic E-state index is -0.269. The van der Waals surface area contributed by atoms with Gasteiger partial charge in [-0.1, -0.05) is 13.8 Å². The third-order valence-corrected chi connectivity index (χ3v) is 3.27. The summed E-state index contributed by atoms with van der Waals surface area (Å²) in [6, 6.07) is 3.29. The number of aromatic nitrogens is 1. The van der Waals surface area contributed by atoms with Gasteiger partial charge in [-0.3, -0.25) is 10.1 Å². The van der Waals surface area contributed by atoms with Crippen molar-refractivity contribution in [1.82, 2.24) is 4.98 Å². The predicted octanol–water partition coefficient (Wildman–Crippen LogP) is 3.11. The second kappa shape index (κ2) is 4.49. The highest BCUT2D eigenvalue weighted by Gasteiger charge is 2.11. The van der Waals surface area contributed by atoms with E-state index >= 15 is 0 Å². The van der Waals surface area contributed by atoms with Gasteiger partial charge in [0, 0.05) is 11.1 Å². The lowest BCUT2D eigenvalue weighted by molar-refractivity contribution is 0.0996. The van der Waals surface area contributed by atoms with Gasteiger partial charge in [0.1, 0.15) is 0 Å². The average molecular weight is 236 g/mol. The van der Waals surface area contributed by atoms with Crippen molar-refractivity contribution in [3.63, 3.8) is 0 Å². The fourth-order valence-electron chi connectivity index (χ4n) is 1.18. The smallest absolute Gasteiger partial charge is 0.293 e. The molecule has 84 valence electrons. The largest absolute Gasteiger partial charge is 0.459 e. The highest BCUT2D eigenvalue weighted by atomic mass is 32.1. The lowest BCUT2D eigenvalue weighted by Gasteiger charge is -1.98. The van der Waals surface area contributed by atoms with Crippen molar-refractivity contribution >= 4 is 22.4 Å². The Morgan fingerprint density at radius 3 is 2.94 bits per heavy atom. The summed E-state index contributed by atoms with van der Waals surface area (Å²) in [5.41, 5.74) is 0. The molecule has 0 unspecified atom stereocenters. The third kappa shape index (κ3) is 2.30. The molecule has 0 spiro atoms. The third-order valence-electron chi connectivity index (χ3n) is 2.06. The van der Waals surface area contributed by atoms with Crippen LogP contribution >= 0.6 is 11.3 Å². The van der Waals surface area contributed by atoms with Crippen LogP contribution in [0.2, 0.25) is 0 Å². The van der Waals surface area contributed by atoms with Crippen LogP contribution in [-0.4, -0.2) is 10.9 Å². The van der Waals surface area contributed by atoms with Gasteiger partial charge < -0.3 is 4.42 Å². The van der Waals surface area contributed by atoms with Crippen LogP contribution in [0.4, 0.5) is 5.13 Å². The summed E-state index contributed by atoms with van der Waals surface area (Å²) >= 11 is 1.48. The molecule has 2 aromatic heterocycles. The number of nitrogens with zero attached hydrogens (tertiary/aromatic N) is 1. The molecule has 0 saturated heterocycles. The van der Waals surface area contributed by atoms with Crippen LogP contribution in [0.25, 0.3) is 0 Å². The molecule has 1 amide bonds. The van der Waals surface area contributed by atoms with Gasteiger partial charge in [0.15, 0.2) is 10.9 Å². The molecule has 0 aliphatic carbocycles. The minimum absolute atomic E-state index is 0.269. The monoisotopic (exact) mass is 236 g/mol. The number of nitrogens with one attached hydrogen (secondary N) is 1. The number of carbonyl (C=O) groups is 1. The molecule has 0 aliphatic heterocycles. The van der Waals surface area contributed by atoms with E-state index in [0.29, 0.717) is 16.8 Å². The Hall–Kier alpha value is -1.62. The summed E-state index contributed by atoms with van der Waals surface area (Å²) in [6.07, 6.45) is 3.25. The van der Waals surface area contributed by atoms with Crippen molar-refractivity contribution in [2.75, 3.05) is 5.32 Å². The van der Waals surface area contributed by atoms with Crippen molar-refractivity contribution in [3.8, 4) is 0 Å². The van der Waals surface area contributed by atoms with Gasteiger partial charge in [0.05, 0.1) is 6.26 Å². The van der Waals surface area contributed by atoms with Crippen LogP contribution in [0.5, 0.6) is 0 Å². The van der Waals surface area contributed by atoms with Gasteiger partial charge in [0.25, 0.3) is 5.91 Å². The molecule has 5 heteroatoms. The van der Waals surface area contributed by atoms with E-state index in [-0.39, 0.29) is 5.91 Å². The first-order valence-electron chi connectivity index (χ1n) is 4.97. The van der Waals surface area contributed by atoms with E-state index in [0.717, 1.165) is 4.88 Å². The first-order valence-corrected chi connectivity index (χ1v) is 5.79. The molecule has 16 heavy (non-hydrogen) atoms. The van der Waals surface area contributed by atoms with E-state index < -0.39 is 0 Å². The van der Waals surface area contributed by atoms with Crippen molar-refractivity contribution < 1.29 is 9.21 Å². The molecule has 2 rings (SSSR count). The van der Waals surface area contributed by atoms with E-state index in [1.807, 2.05) is 0 Å². The van der Waals surface area contributed by atoms with Gasteiger partial charge in [0.2, 0.25) is 0 Å². The number of hydrogen-bond donors (Lipinski definition) is 1. The Kier molecular flexibility index (Phi) is 3.05. The fraction of sp³-hybridized carbons (Fsp3) is 0.273. The maximum Gasteiger partial charge on any atom is 0.293 e. The fourth-order valence-corrected chi connectivity index (χ4v) is 1.99. The normalized spacial score (nSPS) is 10.7. The average Bonchev–Trinajstić information content (AvgIpc) is 2.87. The second-order valence-electron chi connectivity index (χ2n) is 3.65. The van der Waals surface area contributed by atoms with Crippen LogP contribution < -0.4 is 5.32 Å². The molecule has 0 saturated carbocycles. The Morgan fingerprint density at radius 1 is 1.56 bits per heavy atom. The highest BCUT2D eigenvalue weighted by Crippen LogP contribution is 2.25. The van der Waals surface area contributed by atoms with Crippen LogP contribution in [0, 0.1) is 0 Å². The van der Waals surface area contributed by atoms with Crippen molar-refractivity contribution in [1.29, 1.82) is 0 Å². The zero-order chi connectivity index (χ0) is 11.5. The Labute approximate surface area is 97.3 Å². The SMILES string of the molecule is CC(C)c1cnc(NC(=O)c2ccco2)s1. The van der Waals surface area contributed by atoms with E-state index in [2.05, 4.69) is 24.1 Å². The molecule has 0 bridgehead atoms. The topological polar surface area (TPSA) is 55.1 Å². The predicted molar refractivity (Wildman–Crippen MR) is 62.9 cm³/mol. The number of anilines is 1. The van der Waals surface area contributed by atoms with Gasteiger partial charge >= 0.3 is 0 Å². The van der Waals surface area contributed by atoms with Gasteiger partial charge in [-0.15, -0.1) is 11.3 Å². The number of amides is 1. The molecule has 0 aromatic carbocycles. The number of rotatable bonds is 3. The molecule has 0 fully saturated rings. The summed E-state index contributed by atoms with van der Waals surface area (Å²) in [5, 5.41) is 3.30. The zero-order valence-electron chi connectivity index (χ0n) is 9.06. The standard InChI is InChI=1S/C11H12N2O2S/c1-7(2)9-6-12-11(16-9)13-10(14)8-4-3-5-15-8/h3-7H,1-2H3,(H,12,13,14). The van der Waals surface area contributed by atoms with Gasteiger partial charge in [-0.05, 0) is 18.1 Å². The van der Waals surface area contributed by atoms with Crippen LogP contribution in [0.3, 0.4) is 0 Å². The van der Waals surface area contributed by atoms with E-state index in [1.165, 1.54) is 17.6 Å². The number of hydrogen-bond acceptors (Lipinski definition) is 4. The number of thiazole rings is 1. The molecule has 4 nitrogen and oxygen atoms in total. The summed E-state index contributed by atoms with van der Waals surface area (Å²) in [4.78, 5) is 16.9. The van der Waals surface area contributed by atoms with Gasteiger partial charge in [-0.2, -0.15) is 0 Å². The second-order valence-corrected chi connectivity index (χ2v) is 4.72. The lowest BCUT2D eigenvalue weighted by Crippen LogP contribution is -2.10. The Morgan fingerprint density at radius 2 is 2.38 bits per heavy atom. The quantitative estimate of drug-likeness (QED) is 0.890. The summed E-state index contributed by atoms with van der Waals surface area (Å²) in [7, 11) is 0. The molecule has 0 aliphatic rings. The summed E-state index contributed by atoms with van der Waals surface area (Å²) in [6.45, 7) is 4.18. The van der Waals surface area contributed by atoms with E-state index in [1.54, 1.807) is 18.3 Å². The highest BCUT2D eigenvalue weighted by molar-refractivity contribution is 7.15. The molecule has 2 heterocycles. The number of carbonyl (C=O) groups excluding carboxylic acids is 1. The maximum atomic E-state index is 11.6. The molecular weight excluding hydrogens is 224 g/mol.